The molecule has 1 aromatic carbocycles. The van der Waals surface area contributed by atoms with E-state index in [0.717, 1.165) is 13.1 Å². The summed E-state index contributed by atoms with van der Waals surface area (Å²) in [5.74, 6) is -0.451. The third-order valence-corrected chi connectivity index (χ3v) is 4.88. The number of rotatable bonds is 3. The molecule has 0 aliphatic carbocycles. The summed E-state index contributed by atoms with van der Waals surface area (Å²) in [6, 6.07) is 13.2. The summed E-state index contributed by atoms with van der Waals surface area (Å²) in [7, 11) is 0. The topological polar surface area (TPSA) is 40.9 Å². The number of aromatic nitrogens is 2. The van der Waals surface area contributed by atoms with Crippen LogP contribution < -0.4 is 4.90 Å². The van der Waals surface area contributed by atoms with Crippen LogP contribution in [-0.2, 0) is 6.42 Å². The van der Waals surface area contributed by atoms with E-state index in [1.165, 1.54) is 18.0 Å². The van der Waals surface area contributed by atoms with E-state index in [0.29, 0.717) is 36.5 Å². The summed E-state index contributed by atoms with van der Waals surface area (Å²) in [6.45, 7) is 4.80. The Morgan fingerprint density at radius 1 is 1.08 bits per heavy atom. The lowest BCUT2D eigenvalue weighted by Gasteiger charge is -2.36. The highest BCUT2D eigenvalue weighted by Gasteiger charge is 2.27. The molecule has 0 atom stereocenters. The van der Waals surface area contributed by atoms with Crippen molar-refractivity contribution in [1.29, 1.82) is 0 Å². The number of hydrogen-bond acceptors (Lipinski definition) is 3. The van der Waals surface area contributed by atoms with Crippen LogP contribution in [0.5, 0.6) is 0 Å². The average Bonchev–Trinajstić information content (AvgIpc) is 3.06. The number of piperazine rings is 1. The van der Waals surface area contributed by atoms with Crippen LogP contribution in [0, 0.1) is 5.82 Å². The number of halogens is 1. The van der Waals surface area contributed by atoms with E-state index in [4.69, 9.17) is 0 Å². The zero-order chi connectivity index (χ0) is 18.1. The highest BCUT2D eigenvalue weighted by Crippen LogP contribution is 2.20. The lowest BCUT2D eigenvalue weighted by atomic mass is 10.2. The number of aryl methyl sites for hydroxylation is 1. The van der Waals surface area contributed by atoms with Crippen LogP contribution in [0.1, 0.15) is 23.1 Å². The van der Waals surface area contributed by atoms with Gasteiger partial charge < -0.3 is 9.80 Å². The molecule has 6 heteroatoms. The highest BCUT2D eigenvalue weighted by molar-refractivity contribution is 5.95. The molecule has 0 spiro atoms. The normalized spacial score (nSPS) is 14.8. The van der Waals surface area contributed by atoms with Crippen LogP contribution in [0.25, 0.3) is 5.65 Å². The number of pyridine rings is 1. The molecule has 26 heavy (non-hydrogen) atoms. The molecular weight excluding hydrogens is 331 g/mol. The van der Waals surface area contributed by atoms with E-state index in [9.17, 15) is 9.18 Å². The third kappa shape index (κ3) is 2.92. The number of hydrogen-bond donors (Lipinski definition) is 0. The molecule has 0 saturated carbocycles. The van der Waals surface area contributed by atoms with Gasteiger partial charge in [-0.3, -0.25) is 9.20 Å². The molecule has 1 saturated heterocycles. The number of carbonyl (C=O) groups is 1. The maximum absolute atomic E-state index is 13.7. The molecule has 3 heterocycles. The molecule has 1 fully saturated rings. The lowest BCUT2D eigenvalue weighted by molar-refractivity contribution is 0.0738. The van der Waals surface area contributed by atoms with Crippen LogP contribution in [0.15, 0.2) is 48.7 Å². The second-order valence-electron chi connectivity index (χ2n) is 6.45. The molecule has 0 radical (unpaired) electrons. The van der Waals surface area contributed by atoms with Crippen LogP contribution >= 0.6 is 0 Å². The van der Waals surface area contributed by atoms with Crippen molar-refractivity contribution in [3.8, 4) is 0 Å². The first kappa shape index (κ1) is 16.6. The van der Waals surface area contributed by atoms with Crippen molar-refractivity contribution >= 4 is 17.2 Å². The largest absolute Gasteiger partial charge is 0.368 e. The van der Waals surface area contributed by atoms with E-state index >= 15 is 0 Å². The number of para-hydroxylation sites is 1. The Bertz CT molecular complexity index is 930. The van der Waals surface area contributed by atoms with Crippen LogP contribution in [0.3, 0.4) is 0 Å². The van der Waals surface area contributed by atoms with Crippen molar-refractivity contribution in [2.24, 2.45) is 0 Å². The summed E-state index contributed by atoms with van der Waals surface area (Å²) < 4.78 is 15.3. The van der Waals surface area contributed by atoms with Gasteiger partial charge in [0.05, 0.1) is 5.69 Å². The van der Waals surface area contributed by atoms with Gasteiger partial charge in [-0.25, -0.2) is 9.37 Å². The number of anilines is 1. The number of fused-ring (bicyclic) bond motifs is 1. The van der Waals surface area contributed by atoms with Gasteiger partial charge in [-0.1, -0.05) is 25.1 Å². The molecule has 0 unspecified atom stereocenters. The maximum atomic E-state index is 13.7. The smallest absolute Gasteiger partial charge is 0.272 e. The minimum absolute atomic E-state index is 0.0762. The van der Waals surface area contributed by atoms with E-state index in [1.54, 1.807) is 10.5 Å². The summed E-state index contributed by atoms with van der Waals surface area (Å²) in [4.78, 5) is 21.7. The van der Waals surface area contributed by atoms with Gasteiger partial charge in [0.1, 0.15) is 17.2 Å². The number of amides is 1. The average molecular weight is 352 g/mol. The maximum Gasteiger partial charge on any atom is 0.272 e. The Morgan fingerprint density at radius 3 is 2.50 bits per heavy atom. The van der Waals surface area contributed by atoms with Crippen molar-refractivity contribution < 1.29 is 9.18 Å². The lowest BCUT2D eigenvalue weighted by Crippen LogP contribution is -2.49. The summed E-state index contributed by atoms with van der Waals surface area (Å²) >= 11 is 0. The molecular formula is C20H21FN4O. The van der Waals surface area contributed by atoms with Gasteiger partial charge in [0, 0.05) is 38.1 Å². The Labute approximate surface area is 151 Å². The fourth-order valence-electron chi connectivity index (χ4n) is 3.50. The summed E-state index contributed by atoms with van der Waals surface area (Å²) in [5, 5.41) is 0. The standard InChI is InChI=1S/C20H21FN4O/c1-2-17-19(25-14-15(21)8-9-18(25)22-17)20(26)24-12-10-23(11-13-24)16-6-4-3-5-7-16/h3-9,14H,2,10-13H2,1H3. The first-order chi connectivity index (χ1) is 12.7. The predicted octanol–water partition coefficient (Wildman–Crippen LogP) is 3.00. The second kappa shape index (κ2) is 6.78. The van der Waals surface area contributed by atoms with E-state index < -0.39 is 0 Å². The predicted molar refractivity (Wildman–Crippen MR) is 99.1 cm³/mol. The highest BCUT2D eigenvalue weighted by atomic mass is 19.1. The van der Waals surface area contributed by atoms with Crippen molar-refractivity contribution in [3.05, 3.63) is 65.9 Å². The van der Waals surface area contributed by atoms with Gasteiger partial charge in [0.15, 0.2) is 0 Å². The second-order valence-corrected chi connectivity index (χ2v) is 6.45. The first-order valence-electron chi connectivity index (χ1n) is 8.93. The first-order valence-corrected chi connectivity index (χ1v) is 8.93. The minimum Gasteiger partial charge on any atom is -0.368 e. The number of benzene rings is 1. The van der Waals surface area contributed by atoms with Crippen molar-refractivity contribution in [3.63, 3.8) is 0 Å². The molecule has 3 aromatic rings. The molecule has 0 bridgehead atoms. The van der Waals surface area contributed by atoms with E-state index in [2.05, 4.69) is 22.0 Å². The quantitative estimate of drug-likeness (QED) is 0.728. The monoisotopic (exact) mass is 352 g/mol. The molecule has 1 aliphatic heterocycles. The third-order valence-electron chi connectivity index (χ3n) is 4.88. The van der Waals surface area contributed by atoms with Crippen molar-refractivity contribution in [2.75, 3.05) is 31.1 Å². The Kier molecular flexibility index (Phi) is 4.32. The van der Waals surface area contributed by atoms with Crippen molar-refractivity contribution in [2.45, 2.75) is 13.3 Å². The van der Waals surface area contributed by atoms with Crippen LogP contribution in [0.2, 0.25) is 0 Å². The van der Waals surface area contributed by atoms with Gasteiger partial charge in [0.25, 0.3) is 5.91 Å². The number of carbonyl (C=O) groups excluding carboxylic acids is 1. The molecule has 5 nitrogen and oxygen atoms in total. The molecule has 1 amide bonds. The van der Waals surface area contributed by atoms with Gasteiger partial charge >= 0.3 is 0 Å². The Morgan fingerprint density at radius 2 is 1.81 bits per heavy atom. The summed E-state index contributed by atoms with van der Waals surface area (Å²) in [5.41, 5.74) is 2.97. The van der Waals surface area contributed by atoms with E-state index in [-0.39, 0.29) is 11.7 Å². The molecule has 1 aliphatic rings. The molecule has 4 rings (SSSR count). The fourth-order valence-corrected chi connectivity index (χ4v) is 3.50. The van der Waals surface area contributed by atoms with Gasteiger partial charge in [-0.2, -0.15) is 0 Å². The van der Waals surface area contributed by atoms with Gasteiger partial charge in [-0.15, -0.1) is 0 Å². The Balaban J connectivity index is 1.57. The fraction of sp³-hybridized carbons (Fsp3) is 0.300. The van der Waals surface area contributed by atoms with Gasteiger partial charge in [-0.05, 0) is 30.7 Å². The minimum atomic E-state index is -0.375. The van der Waals surface area contributed by atoms with E-state index in [1.807, 2.05) is 30.0 Å². The van der Waals surface area contributed by atoms with Gasteiger partial charge in [0.2, 0.25) is 0 Å². The Hall–Kier alpha value is -2.89. The number of nitrogens with zero attached hydrogens (tertiary/aromatic N) is 4. The zero-order valence-electron chi connectivity index (χ0n) is 14.7. The summed E-state index contributed by atoms with van der Waals surface area (Å²) in [6.07, 6.45) is 1.98. The van der Waals surface area contributed by atoms with Crippen LogP contribution in [0.4, 0.5) is 10.1 Å². The van der Waals surface area contributed by atoms with Crippen molar-refractivity contribution in [1.82, 2.24) is 14.3 Å². The molecule has 2 aromatic heterocycles. The number of imidazole rings is 1. The molecule has 0 N–H and O–H groups in total. The SMILES string of the molecule is CCc1nc2ccc(F)cn2c1C(=O)N1CCN(c2ccccc2)CC1. The molecule has 134 valence electrons. The zero-order valence-corrected chi connectivity index (χ0v) is 14.7. The van der Waals surface area contributed by atoms with Crippen LogP contribution in [-0.4, -0.2) is 46.4 Å².